The molecule has 0 bridgehead atoms. The monoisotopic (exact) mass is 349 g/mol. The van der Waals surface area contributed by atoms with Gasteiger partial charge >= 0.3 is 12.1 Å². The van der Waals surface area contributed by atoms with Crippen LogP contribution in [-0.2, 0) is 16.1 Å². The van der Waals surface area contributed by atoms with E-state index in [1.807, 2.05) is 60.7 Å². The topological polar surface area (TPSA) is 66.8 Å². The van der Waals surface area contributed by atoms with Gasteiger partial charge in [-0.15, -0.1) is 0 Å². The van der Waals surface area contributed by atoms with Crippen LogP contribution in [0, 0.1) is 5.92 Å². The van der Waals surface area contributed by atoms with Gasteiger partial charge < -0.3 is 9.84 Å². The number of hydrogen-bond acceptors (Lipinski definition) is 3. The maximum atomic E-state index is 12.9. The molecule has 4 rings (SSSR count). The van der Waals surface area contributed by atoms with E-state index in [4.69, 9.17) is 4.74 Å². The maximum Gasteiger partial charge on any atom is 0.415 e. The van der Waals surface area contributed by atoms with Crippen molar-refractivity contribution in [1.82, 2.24) is 0 Å². The highest BCUT2D eigenvalue weighted by atomic mass is 16.6. The van der Waals surface area contributed by atoms with Crippen LogP contribution in [0.1, 0.15) is 23.5 Å². The van der Waals surface area contributed by atoms with Crippen LogP contribution in [0.5, 0.6) is 0 Å². The van der Waals surface area contributed by atoms with Crippen molar-refractivity contribution in [2.75, 3.05) is 4.90 Å². The van der Waals surface area contributed by atoms with Crippen LogP contribution in [0.4, 0.5) is 10.5 Å². The first-order valence-electron chi connectivity index (χ1n) is 8.65. The molecule has 2 aromatic carbocycles. The van der Waals surface area contributed by atoms with Crippen molar-refractivity contribution in [3.8, 4) is 0 Å². The molecular weight excluding hydrogens is 330 g/mol. The molecule has 1 N–H and O–H groups in total. The van der Waals surface area contributed by atoms with Gasteiger partial charge in [0.15, 0.2) is 0 Å². The van der Waals surface area contributed by atoms with Crippen LogP contribution < -0.4 is 4.90 Å². The van der Waals surface area contributed by atoms with Crippen LogP contribution in [0.15, 0.2) is 66.7 Å². The summed E-state index contributed by atoms with van der Waals surface area (Å²) in [6.07, 6.45) is 4.06. The fraction of sp³-hybridized carbons (Fsp3) is 0.238. The quantitative estimate of drug-likeness (QED) is 0.852. The fourth-order valence-corrected chi connectivity index (χ4v) is 3.96. The highest BCUT2D eigenvalue weighted by molar-refractivity contribution is 5.97. The number of ether oxygens (including phenoxy) is 1. The molecule has 0 aromatic heterocycles. The lowest BCUT2D eigenvalue weighted by molar-refractivity contribution is -0.140. The van der Waals surface area contributed by atoms with Crippen LogP contribution in [0.3, 0.4) is 0 Å². The standard InChI is InChI=1S/C21H19NO4/c23-20(24)19-17-11-6-10-15(17)16-9-4-5-12-18(16)22(19)21(25)26-13-14-7-2-1-3-8-14/h1-10,12,15,17,19H,11,13H2,(H,23,24)/t15-,17-,19+/m0/s1. The SMILES string of the molecule is O=C(O)[C@H]1[C@H]2CC=C[C@H]2c2ccccc2N1C(=O)OCc1ccccc1. The molecule has 0 saturated heterocycles. The molecule has 26 heavy (non-hydrogen) atoms. The van der Waals surface area contributed by atoms with E-state index >= 15 is 0 Å². The molecular formula is C21H19NO4. The van der Waals surface area contributed by atoms with Crippen molar-refractivity contribution >= 4 is 17.7 Å². The summed E-state index contributed by atoms with van der Waals surface area (Å²) in [5.41, 5.74) is 2.45. The minimum Gasteiger partial charge on any atom is -0.480 e. The average Bonchev–Trinajstić information content (AvgIpc) is 3.15. The molecule has 0 fully saturated rings. The third kappa shape index (κ3) is 2.75. The summed E-state index contributed by atoms with van der Waals surface area (Å²) < 4.78 is 5.46. The molecule has 132 valence electrons. The first-order valence-corrected chi connectivity index (χ1v) is 8.65. The number of rotatable bonds is 3. The molecule has 1 heterocycles. The number of hydrogen-bond donors (Lipinski definition) is 1. The lowest BCUT2D eigenvalue weighted by atomic mass is 9.78. The Balaban J connectivity index is 1.67. The number of fused-ring (bicyclic) bond motifs is 3. The van der Waals surface area contributed by atoms with Crippen LogP contribution in [-0.4, -0.2) is 23.2 Å². The van der Waals surface area contributed by atoms with E-state index in [2.05, 4.69) is 0 Å². The zero-order valence-corrected chi connectivity index (χ0v) is 14.1. The minimum atomic E-state index is -1.00. The number of nitrogens with zero attached hydrogens (tertiary/aromatic N) is 1. The number of aliphatic carboxylic acids is 1. The Labute approximate surface area is 151 Å². The summed E-state index contributed by atoms with van der Waals surface area (Å²) in [5, 5.41) is 9.84. The van der Waals surface area contributed by atoms with Crippen LogP contribution >= 0.6 is 0 Å². The first kappa shape index (κ1) is 16.4. The Morgan fingerprint density at radius 1 is 1.08 bits per heavy atom. The summed E-state index contributed by atoms with van der Waals surface area (Å²) in [4.78, 5) is 26.2. The van der Waals surface area contributed by atoms with Gasteiger partial charge in [-0.3, -0.25) is 4.90 Å². The van der Waals surface area contributed by atoms with Gasteiger partial charge in [0.05, 0.1) is 5.69 Å². The summed E-state index contributed by atoms with van der Waals surface area (Å²) in [6, 6.07) is 15.9. The van der Waals surface area contributed by atoms with Gasteiger partial charge in [0.2, 0.25) is 0 Å². The third-order valence-corrected chi connectivity index (χ3v) is 5.11. The fourth-order valence-electron chi connectivity index (χ4n) is 3.96. The molecule has 2 aliphatic rings. The van der Waals surface area contributed by atoms with Gasteiger partial charge in [-0.2, -0.15) is 0 Å². The number of carboxylic acids is 1. The molecule has 1 amide bonds. The molecule has 5 nitrogen and oxygen atoms in total. The molecule has 0 unspecified atom stereocenters. The molecule has 3 atom stereocenters. The predicted octanol–water partition coefficient (Wildman–Crippen LogP) is 3.96. The van der Waals surface area contributed by atoms with Crippen molar-refractivity contribution in [2.45, 2.75) is 25.0 Å². The average molecular weight is 349 g/mol. The van der Waals surface area contributed by atoms with E-state index in [0.29, 0.717) is 12.1 Å². The number of carbonyl (C=O) groups is 2. The Morgan fingerprint density at radius 3 is 2.58 bits per heavy atom. The van der Waals surface area contributed by atoms with Gasteiger partial charge in [-0.05, 0) is 23.6 Å². The minimum absolute atomic E-state index is 0.0190. The zero-order chi connectivity index (χ0) is 18.1. The van der Waals surface area contributed by atoms with Crippen molar-refractivity contribution in [1.29, 1.82) is 0 Å². The Morgan fingerprint density at radius 2 is 1.81 bits per heavy atom. The van der Waals surface area contributed by atoms with Gasteiger partial charge in [0.25, 0.3) is 0 Å². The van der Waals surface area contributed by atoms with Crippen molar-refractivity contribution in [3.05, 3.63) is 77.9 Å². The number of carboxylic acid groups (broad SMARTS) is 1. The van der Waals surface area contributed by atoms with E-state index < -0.39 is 18.1 Å². The number of amides is 1. The number of benzene rings is 2. The van der Waals surface area contributed by atoms with E-state index in [0.717, 1.165) is 11.1 Å². The molecule has 0 spiro atoms. The van der Waals surface area contributed by atoms with E-state index in [1.165, 1.54) is 4.90 Å². The van der Waals surface area contributed by atoms with Crippen molar-refractivity contribution < 1.29 is 19.4 Å². The van der Waals surface area contributed by atoms with Gasteiger partial charge in [-0.1, -0.05) is 60.7 Å². The number of carbonyl (C=O) groups excluding carboxylic acids is 1. The summed E-state index contributed by atoms with van der Waals surface area (Å²) in [5.74, 6) is -1.16. The molecule has 5 heteroatoms. The zero-order valence-electron chi connectivity index (χ0n) is 14.1. The van der Waals surface area contributed by atoms with E-state index in [9.17, 15) is 14.7 Å². The van der Waals surface area contributed by atoms with Gasteiger partial charge in [0.1, 0.15) is 12.6 Å². The Bertz CT molecular complexity index is 861. The Hall–Kier alpha value is -3.08. The molecule has 1 aliphatic heterocycles. The van der Waals surface area contributed by atoms with Crippen molar-refractivity contribution in [3.63, 3.8) is 0 Å². The largest absolute Gasteiger partial charge is 0.480 e. The summed E-state index contributed by atoms with van der Waals surface area (Å²) in [6.45, 7) is 0.108. The van der Waals surface area contributed by atoms with Crippen LogP contribution in [0.25, 0.3) is 0 Å². The summed E-state index contributed by atoms with van der Waals surface area (Å²) >= 11 is 0. The molecule has 1 aliphatic carbocycles. The molecule has 0 saturated carbocycles. The summed E-state index contributed by atoms with van der Waals surface area (Å²) in [7, 11) is 0. The second kappa shape index (κ2) is 6.67. The highest BCUT2D eigenvalue weighted by Gasteiger charge is 2.48. The molecule has 2 aromatic rings. The van der Waals surface area contributed by atoms with Crippen LogP contribution in [0.2, 0.25) is 0 Å². The van der Waals surface area contributed by atoms with Gasteiger partial charge in [0, 0.05) is 11.8 Å². The Kier molecular flexibility index (Phi) is 4.21. The number of anilines is 1. The molecule has 0 radical (unpaired) electrons. The van der Waals surface area contributed by atoms with E-state index in [-0.39, 0.29) is 18.4 Å². The second-order valence-corrected chi connectivity index (χ2v) is 6.61. The number of allylic oxidation sites excluding steroid dienone is 2. The maximum absolute atomic E-state index is 12.9. The lowest BCUT2D eigenvalue weighted by Gasteiger charge is -2.41. The smallest absolute Gasteiger partial charge is 0.415 e. The van der Waals surface area contributed by atoms with Gasteiger partial charge in [-0.25, -0.2) is 9.59 Å². The van der Waals surface area contributed by atoms with Crippen molar-refractivity contribution in [2.24, 2.45) is 5.92 Å². The second-order valence-electron chi connectivity index (χ2n) is 6.61. The third-order valence-electron chi connectivity index (χ3n) is 5.11. The highest BCUT2D eigenvalue weighted by Crippen LogP contribution is 2.47. The normalized spacial score (nSPS) is 23.2. The predicted molar refractivity (Wildman–Crippen MR) is 97.0 cm³/mol. The van der Waals surface area contributed by atoms with E-state index in [1.54, 1.807) is 6.07 Å². The lowest BCUT2D eigenvalue weighted by Crippen LogP contribution is -2.53. The number of para-hydroxylation sites is 1. The first-order chi connectivity index (χ1) is 12.7.